The van der Waals surface area contributed by atoms with Crippen LogP contribution in [0.4, 0.5) is 10.5 Å². The molecule has 1 aromatic rings. The van der Waals surface area contributed by atoms with E-state index in [4.69, 9.17) is 5.73 Å². The molecule has 3 amide bonds. The average Bonchev–Trinajstić information content (AvgIpc) is 2.57. The minimum absolute atomic E-state index is 0.00736. The molecular weight excluding hydrogens is 324 g/mol. The fourth-order valence-electron chi connectivity index (χ4n) is 2.85. The number of carbonyl (C=O) groups excluding carboxylic acids is 2. The van der Waals surface area contributed by atoms with E-state index in [0.717, 1.165) is 5.56 Å². The molecule has 1 aliphatic heterocycles. The lowest BCUT2D eigenvalue weighted by molar-refractivity contribution is -0.134. The van der Waals surface area contributed by atoms with Gasteiger partial charge >= 0.3 is 6.09 Å². The monoisotopic (exact) mass is 348 g/mol. The van der Waals surface area contributed by atoms with Crippen LogP contribution < -0.4 is 11.1 Å². The highest BCUT2D eigenvalue weighted by Crippen LogP contribution is 2.16. The van der Waals surface area contributed by atoms with E-state index in [9.17, 15) is 19.5 Å². The molecule has 0 bridgehead atoms. The topological polar surface area (TPSA) is 116 Å². The molecule has 1 heterocycles. The number of hydrogen-bond donors (Lipinski definition) is 3. The Morgan fingerprint density at radius 1 is 1.24 bits per heavy atom. The van der Waals surface area contributed by atoms with Gasteiger partial charge in [-0.3, -0.25) is 9.59 Å². The SMILES string of the molecule is Cc1ccc(NC(=O)C[C@H]2CN(C(=O)CCN)CCN2C(=O)O)cc1. The Labute approximate surface area is 146 Å². The Bertz CT molecular complexity index is 632. The van der Waals surface area contributed by atoms with Crippen LogP contribution >= 0.6 is 0 Å². The van der Waals surface area contributed by atoms with Gasteiger partial charge in [0.2, 0.25) is 11.8 Å². The van der Waals surface area contributed by atoms with Crippen LogP contribution in [-0.4, -0.2) is 65.0 Å². The first kappa shape index (κ1) is 18.7. The predicted octanol–water partition coefficient (Wildman–Crippen LogP) is 0.863. The molecule has 136 valence electrons. The summed E-state index contributed by atoms with van der Waals surface area (Å²) in [5.41, 5.74) is 7.14. The predicted molar refractivity (Wildman–Crippen MR) is 93.2 cm³/mol. The number of rotatable bonds is 5. The zero-order chi connectivity index (χ0) is 18.4. The van der Waals surface area contributed by atoms with Crippen molar-refractivity contribution in [2.75, 3.05) is 31.5 Å². The van der Waals surface area contributed by atoms with Crippen molar-refractivity contribution in [3.63, 3.8) is 0 Å². The molecule has 25 heavy (non-hydrogen) atoms. The second kappa shape index (κ2) is 8.48. The van der Waals surface area contributed by atoms with Crippen LogP contribution in [0.1, 0.15) is 18.4 Å². The maximum Gasteiger partial charge on any atom is 0.407 e. The lowest BCUT2D eigenvalue weighted by Crippen LogP contribution is -2.57. The van der Waals surface area contributed by atoms with Crippen molar-refractivity contribution in [2.24, 2.45) is 5.73 Å². The molecule has 0 saturated carbocycles. The summed E-state index contributed by atoms with van der Waals surface area (Å²) in [6.07, 6.45) is -0.874. The van der Waals surface area contributed by atoms with Crippen LogP contribution in [0, 0.1) is 6.92 Å². The third kappa shape index (κ3) is 5.18. The van der Waals surface area contributed by atoms with Crippen molar-refractivity contribution in [3.05, 3.63) is 29.8 Å². The molecule has 8 nitrogen and oxygen atoms in total. The van der Waals surface area contributed by atoms with Crippen molar-refractivity contribution in [1.82, 2.24) is 9.80 Å². The van der Waals surface area contributed by atoms with E-state index < -0.39 is 12.1 Å². The molecule has 0 unspecified atom stereocenters. The number of nitrogens with one attached hydrogen (secondary N) is 1. The summed E-state index contributed by atoms with van der Waals surface area (Å²) in [5, 5.41) is 12.1. The molecule has 1 aliphatic rings. The summed E-state index contributed by atoms with van der Waals surface area (Å²) in [7, 11) is 0. The van der Waals surface area contributed by atoms with E-state index in [1.54, 1.807) is 17.0 Å². The van der Waals surface area contributed by atoms with Crippen LogP contribution in [-0.2, 0) is 9.59 Å². The first-order valence-corrected chi connectivity index (χ1v) is 8.24. The standard InChI is InChI=1S/C17H24N4O4/c1-12-2-4-13(5-3-12)19-15(22)10-14-11-20(16(23)6-7-18)8-9-21(14)17(24)25/h2-5,14H,6-11,18H2,1H3,(H,19,22)(H,24,25)/t14-/m0/s1. The fraction of sp³-hybridized carbons (Fsp3) is 0.471. The van der Waals surface area contributed by atoms with Gasteiger partial charge in [0.05, 0.1) is 6.04 Å². The molecule has 1 aromatic carbocycles. The van der Waals surface area contributed by atoms with Crippen LogP contribution in [0.3, 0.4) is 0 Å². The van der Waals surface area contributed by atoms with Gasteiger partial charge in [-0.05, 0) is 19.1 Å². The largest absolute Gasteiger partial charge is 0.465 e. The first-order chi connectivity index (χ1) is 11.9. The summed E-state index contributed by atoms with van der Waals surface area (Å²) >= 11 is 0. The maximum absolute atomic E-state index is 12.3. The Morgan fingerprint density at radius 2 is 1.92 bits per heavy atom. The second-order valence-corrected chi connectivity index (χ2v) is 6.13. The quantitative estimate of drug-likeness (QED) is 0.730. The Balaban J connectivity index is 2.01. The summed E-state index contributed by atoms with van der Waals surface area (Å²) < 4.78 is 0. The van der Waals surface area contributed by atoms with Gasteiger partial charge < -0.3 is 26.0 Å². The highest BCUT2D eigenvalue weighted by atomic mass is 16.4. The van der Waals surface area contributed by atoms with Crippen molar-refractivity contribution in [1.29, 1.82) is 0 Å². The molecule has 1 atom stereocenters. The van der Waals surface area contributed by atoms with Gasteiger partial charge in [0.15, 0.2) is 0 Å². The Hall–Kier alpha value is -2.61. The summed E-state index contributed by atoms with van der Waals surface area (Å²) in [6.45, 7) is 2.91. The zero-order valence-electron chi connectivity index (χ0n) is 14.3. The number of anilines is 1. The van der Waals surface area contributed by atoms with Crippen molar-refractivity contribution < 1.29 is 19.5 Å². The normalized spacial score (nSPS) is 17.3. The Morgan fingerprint density at radius 3 is 2.52 bits per heavy atom. The number of benzene rings is 1. The van der Waals surface area contributed by atoms with Gasteiger partial charge in [0.25, 0.3) is 0 Å². The van der Waals surface area contributed by atoms with E-state index in [1.165, 1.54) is 4.90 Å². The van der Waals surface area contributed by atoms with E-state index in [-0.39, 0.29) is 44.3 Å². The Kier molecular flexibility index (Phi) is 6.35. The number of piperazine rings is 1. The second-order valence-electron chi connectivity index (χ2n) is 6.13. The highest BCUT2D eigenvalue weighted by molar-refractivity contribution is 5.91. The van der Waals surface area contributed by atoms with Crippen molar-refractivity contribution >= 4 is 23.6 Å². The van der Waals surface area contributed by atoms with Crippen LogP contribution in [0.15, 0.2) is 24.3 Å². The zero-order valence-corrected chi connectivity index (χ0v) is 14.3. The third-order valence-electron chi connectivity index (χ3n) is 4.20. The van der Waals surface area contributed by atoms with Crippen LogP contribution in [0.5, 0.6) is 0 Å². The highest BCUT2D eigenvalue weighted by Gasteiger charge is 2.33. The molecule has 0 aliphatic carbocycles. The molecule has 0 spiro atoms. The van der Waals surface area contributed by atoms with Gasteiger partial charge in [0, 0.05) is 44.7 Å². The number of amides is 3. The van der Waals surface area contributed by atoms with E-state index in [1.807, 2.05) is 19.1 Å². The maximum atomic E-state index is 12.3. The van der Waals surface area contributed by atoms with E-state index in [2.05, 4.69) is 5.32 Å². The number of carboxylic acid groups (broad SMARTS) is 1. The minimum Gasteiger partial charge on any atom is -0.465 e. The molecule has 2 rings (SSSR count). The van der Waals surface area contributed by atoms with Crippen molar-refractivity contribution in [2.45, 2.75) is 25.8 Å². The number of aryl methyl sites for hydroxylation is 1. The molecule has 1 fully saturated rings. The first-order valence-electron chi connectivity index (χ1n) is 8.24. The minimum atomic E-state index is -1.08. The number of carbonyl (C=O) groups is 3. The number of hydrogen-bond acceptors (Lipinski definition) is 4. The van der Waals surface area contributed by atoms with Gasteiger partial charge in [-0.15, -0.1) is 0 Å². The lowest BCUT2D eigenvalue weighted by Gasteiger charge is -2.39. The number of nitrogens with zero attached hydrogens (tertiary/aromatic N) is 2. The molecule has 8 heteroatoms. The van der Waals surface area contributed by atoms with E-state index >= 15 is 0 Å². The van der Waals surface area contributed by atoms with Gasteiger partial charge in [-0.25, -0.2) is 4.79 Å². The smallest absolute Gasteiger partial charge is 0.407 e. The summed E-state index contributed by atoms with van der Waals surface area (Å²) in [4.78, 5) is 38.5. The number of nitrogens with two attached hydrogens (primary N) is 1. The lowest BCUT2D eigenvalue weighted by atomic mass is 10.1. The van der Waals surface area contributed by atoms with Gasteiger partial charge in [-0.2, -0.15) is 0 Å². The van der Waals surface area contributed by atoms with Gasteiger partial charge in [0.1, 0.15) is 0 Å². The average molecular weight is 348 g/mol. The molecule has 1 saturated heterocycles. The third-order valence-corrected chi connectivity index (χ3v) is 4.20. The van der Waals surface area contributed by atoms with Crippen LogP contribution in [0.2, 0.25) is 0 Å². The molecule has 0 aromatic heterocycles. The fourth-order valence-corrected chi connectivity index (χ4v) is 2.85. The molecular formula is C17H24N4O4. The molecule has 0 radical (unpaired) electrons. The summed E-state index contributed by atoms with van der Waals surface area (Å²) in [6, 6.07) is 6.78. The van der Waals surface area contributed by atoms with Crippen LogP contribution in [0.25, 0.3) is 0 Å². The van der Waals surface area contributed by atoms with Gasteiger partial charge in [-0.1, -0.05) is 17.7 Å². The summed E-state index contributed by atoms with van der Waals surface area (Å²) in [5.74, 6) is -0.398. The van der Waals surface area contributed by atoms with Crippen molar-refractivity contribution in [3.8, 4) is 0 Å². The van der Waals surface area contributed by atoms with E-state index in [0.29, 0.717) is 12.2 Å². The molecule has 4 N–H and O–H groups in total.